The van der Waals surface area contributed by atoms with Gasteiger partial charge >= 0.3 is 0 Å². The number of aryl methyl sites for hydroxylation is 1. The number of hydrogen-bond acceptors (Lipinski definition) is 4. The molecular formula is C14H20ClN5. The highest BCUT2D eigenvalue weighted by Crippen LogP contribution is 2.18. The fraction of sp³-hybridized carbons (Fsp3) is 0.500. The van der Waals surface area contributed by atoms with Crippen LogP contribution in [-0.2, 0) is 6.42 Å². The topological polar surface area (TPSA) is 55.6 Å². The molecule has 108 valence electrons. The number of pyridine rings is 1. The smallest absolute Gasteiger partial charge is 0.155 e. The number of piperidine rings is 1. The van der Waals surface area contributed by atoms with E-state index in [9.17, 15) is 0 Å². The predicted octanol–water partition coefficient (Wildman–Crippen LogP) is 1.93. The Balaban J connectivity index is 0.00000147. The Morgan fingerprint density at radius 3 is 2.85 bits per heavy atom. The minimum atomic E-state index is 0. The number of rotatable bonds is 3. The Labute approximate surface area is 125 Å². The second-order valence-electron chi connectivity index (χ2n) is 5.12. The van der Waals surface area contributed by atoms with Crippen LogP contribution < -0.4 is 5.32 Å². The summed E-state index contributed by atoms with van der Waals surface area (Å²) in [5.74, 6) is 2.58. The number of nitrogens with one attached hydrogen (secondary N) is 1. The molecule has 1 saturated heterocycles. The molecule has 0 bridgehead atoms. The fourth-order valence-corrected chi connectivity index (χ4v) is 2.59. The first-order valence-electron chi connectivity index (χ1n) is 6.86. The van der Waals surface area contributed by atoms with Crippen molar-refractivity contribution in [3.05, 3.63) is 36.0 Å². The van der Waals surface area contributed by atoms with Gasteiger partial charge in [0.25, 0.3) is 0 Å². The molecule has 1 N–H and O–H groups in total. The lowest BCUT2D eigenvalue weighted by Gasteiger charge is -2.22. The molecule has 0 unspecified atom stereocenters. The number of nitrogens with zero attached hydrogens (tertiary/aromatic N) is 4. The van der Waals surface area contributed by atoms with E-state index in [1.807, 2.05) is 29.8 Å². The zero-order valence-electron chi connectivity index (χ0n) is 11.6. The second kappa shape index (κ2) is 6.81. The maximum Gasteiger partial charge on any atom is 0.155 e. The van der Waals surface area contributed by atoms with E-state index in [4.69, 9.17) is 0 Å². The normalized spacial score (nSPS) is 15.8. The quantitative estimate of drug-likeness (QED) is 0.939. The van der Waals surface area contributed by atoms with Crippen molar-refractivity contribution in [3.8, 4) is 5.82 Å². The van der Waals surface area contributed by atoms with Crippen LogP contribution in [0, 0.1) is 12.8 Å². The molecule has 0 amide bonds. The van der Waals surface area contributed by atoms with Crippen LogP contribution >= 0.6 is 12.4 Å². The molecule has 5 nitrogen and oxygen atoms in total. The molecule has 1 aliphatic heterocycles. The van der Waals surface area contributed by atoms with Gasteiger partial charge in [0.05, 0.1) is 0 Å². The van der Waals surface area contributed by atoms with Crippen LogP contribution in [0.4, 0.5) is 0 Å². The molecule has 20 heavy (non-hydrogen) atoms. The van der Waals surface area contributed by atoms with Crippen LogP contribution in [0.25, 0.3) is 5.82 Å². The van der Waals surface area contributed by atoms with Crippen molar-refractivity contribution in [2.24, 2.45) is 5.92 Å². The highest BCUT2D eigenvalue weighted by molar-refractivity contribution is 5.85. The highest BCUT2D eigenvalue weighted by Gasteiger charge is 2.17. The van der Waals surface area contributed by atoms with Gasteiger partial charge < -0.3 is 5.32 Å². The number of halogens is 1. The van der Waals surface area contributed by atoms with Crippen LogP contribution in [0.15, 0.2) is 24.5 Å². The predicted molar refractivity (Wildman–Crippen MR) is 80.4 cm³/mol. The Kier molecular flexibility index (Phi) is 5.09. The van der Waals surface area contributed by atoms with Gasteiger partial charge in [0.2, 0.25) is 0 Å². The van der Waals surface area contributed by atoms with Gasteiger partial charge in [-0.3, -0.25) is 0 Å². The Hall–Kier alpha value is -1.46. The van der Waals surface area contributed by atoms with Crippen LogP contribution in [0.5, 0.6) is 0 Å². The van der Waals surface area contributed by atoms with Gasteiger partial charge in [-0.25, -0.2) is 9.97 Å². The van der Waals surface area contributed by atoms with Gasteiger partial charge in [0.15, 0.2) is 5.82 Å². The average Bonchev–Trinajstić information content (AvgIpc) is 2.88. The average molecular weight is 294 g/mol. The summed E-state index contributed by atoms with van der Waals surface area (Å²) in [6.45, 7) is 4.22. The third-order valence-corrected chi connectivity index (χ3v) is 3.64. The number of hydrogen-bond donors (Lipinski definition) is 1. The van der Waals surface area contributed by atoms with E-state index in [-0.39, 0.29) is 12.4 Å². The summed E-state index contributed by atoms with van der Waals surface area (Å²) in [5, 5.41) is 7.71. The van der Waals surface area contributed by atoms with E-state index in [1.54, 1.807) is 6.33 Å². The molecule has 0 saturated carbocycles. The molecule has 0 atom stereocenters. The Morgan fingerprint density at radius 2 is 2.10 bits per heavy atom. The van der Waals surface area contributed by atoms with Crippen molar-refractivity contribution in [3.63, 3.8) is 0 Å². The summed E-state index contributed by atoms with van der Waals surface area (Å²) < 4.78 is 1.87. The molecule has 3 rings (SSSR count). The van der Waals surface area contributed by atoms with Crippen LogP contribution in [0.1, 0.15) is 24.4 Å². The van der Waals surface area contributed by atoms with E-state index in [1.165, 1.54) is 12.8 Å². The lowest BCUT2D eigenvalue weighted by atomic mass is 9.94. The van der Waals surface area contributed by atoms with Crippen molar-refractivity contribution in [1.82, 2.24) is 25.1 Å². The summed E-state index contributed by atoms with van der Waals surface area (Å²) in [6.07, 6.45) is 5.04. The molecule has 1 fully saturated rings. The van der Waals surface area contributed by atoms with Crippen LogP contribution in [0.2, 0.25) is 0 Å². The van der Waals surface area contributed by atoms with Gasteiger partial charge in [0.1, 0.15) is 12.2 Å². The SMILES string of the molecule is Cc1cccc(-n2ncnc2CC2CCNCC2)n1.Cl. The Morgan fingerprint density at radius 1 is 1.30 bits per heavy atom. The van der Waals surface area contributed by atoms with Crippen molar-refractivity contribution < 1.29 is 0 Å². The van der Waals surface area contributed by atoms with E-state index >= 15 is 0 Å². The molecule has 0 aliphatic carbocycles. The standard InChI is InChI=1S/C14H19N5.ClH/c1-11-3-2-4-13(18-11)19-14(16-10-17-19)9-12-5-7-15-8-6-12;/h2-4,10,12,15H,5-9H2,1H3;1H. The summed E-state index contributed by atoms with van der Waals surface area (Å²) >= 11 is 0. The molecule has 0 radical (unpaired) electrons. The van der Waals surface area contributed by atoms with Crippen LogP contribution in [-0.4, -0.2) is 32.8 Å². The first-order valence-corrected chi connectivity index (χ1v) is 6.86. The van der Waals surface area contributed by atoms with E-state index < -0.39 is 0 Å². The monoisotopic (exact) mass is 293 g/mol. The van der Waals surface area contributed by atoms with Gasteiger partial charge in [-0.1, -0.05) is 6.07 Å². The zero-order chi connectivity index (χ0) is 13.1. The Bertz CT molecular complexity index is 548. The zero-order valence-corrected chi connectivity index (χ0v) is 12.4. The van der Waals surface area contributed by atoms with E-state index in [0.717, 1.165) is 36.8 Å². The molecule has 0 spiro atoms. The van der Waals surface area contributed by atoms with Gasteiger partial charge in [0, 0.05) is 12.1 Å². The molecular weight excluding hydrogens is 274 g/mol. The van der Waals surface area contributed by atoms with Crippen molar-refractivity contribution in [2.45, 2.75) is 26.2 Å². The van der Waals surface area contributed by atoms with E-state index in [0.29, 0.717) is 5.92 Å². The van der Waals surface area contributed by atoms with Crippen LogP contribution in [0.3, 0.4) is 0 Å². The largest absolute Gasteiger partial charge is 0.317 e. The van der Waals surface area contributed by atoms with Gasteiger partial charge in [-0.05, 0) is 50.9 Å². The molecule has 2 aromatic heterocycles. The van der Waals surface area contributed by atoms with Gasteiger partial charge in [-0.2, -0.15) is 9.78 Å². The maximum atomic E-state index is 4.52. The van der Waals surface area contributed by atoms with Crippen molar-refractivity contribution >= 4 is 12.4 Å². The first-order chi connectivity index (χ1) is 9.33. The van der Waals surface area contributed by atoms with Crippen molar-refractivity contribution in [1.29, 1.82) is 0 Å². The first kappa shape index (κ1) is 14.9. The molecule has 6 heteroatoms. The molecule has 2 aromatic rings. The minimum absolute atomic E-state index is 0. The maximum absolute atomic E-state index is 4.52. The highest BCUT2D eigenvalue weighted by atomic mass is 35.5. The summed E-state index contributed by atoms with van der Waals surface area (Å²) in [5.41, 5.74) is 1.00. The second-order valence-corrected chi connectivity index (χ2v) is 5.12. The van der Waals surface area contributed by atoms with Gasteiger partial charge in [-0.15, -0.1) is 12.4 Å². The lowest BCUT2D eigenvalue weighted by molar-refractivity contribution is 0.365. The molecule has 3 heterocycles. The third kappa shape index (κ3) is 3.35. The van der Waals surface area contributed by atoms with E-state index in [2.05, 4.69) is 20.4 Å². The minimum Gasteiger partial charge on any atom is -0.317 e. The fourth-order valence-electron chi connectivity index (χ4n) is 2.59. The summed E-state index contributed by atoms with van der Waals surface area (Å²) in [6, 6.07) is 5.98. The summed E-state index contributed by atoms with van der Waals surface area (Å²) in [7, 11) is 0. The number of aromatic nitrogens is 4. The third-order valence-electron chi connectivity index (χ3n) is 3.64. The molecule has 1 aliphatic rings. The summed E-state index contributed by atoms with van der Waals surface area (Å²) in [4.78, 5) is 8.93. The molecule has 0 aromatic carbocycles. The van der Waals surface area contributed by atoms with Crippen molar-refractivity contribution in [2.75, 3.05) is 13.1 Å². The lowest BCUT2D eigenvalue weighted by Crippen LogP contribution is -2.29.